The molecule has 1 aliphatic carbocycles. The molecule has 2 aromatic carbocycles. The van der Waals surface area contributed by atoms with Gasteiger partial charge in [-0.2, -0.15) is 0 Å². The lowest BCUT2D eigenvalue weighted by Gasteiger charge is -2.16. The first-order chi connectivity index (χ1) is 11.8. The SMILES string of the molecule is COC(=O)c1ccccc1C1=[C+]C2=C(C=C1)Sc1ccccc1C2. The molecular weight excluding hydrogens is 316 g/mol. The third-order valence-corrected chi connectivity index (χ3v) is 5.39. The van der Waals surface area contributed by atoms with Crippen LogP contribution in [-0.2, 0) is 11.2 Å². The van der Waals surface area contributed by atoms with Gasteiger partial charge in [-0.25, -0.2) is 4.79 Å². The summed E-state index contributed by atoms with van der Waals surface area (Å²) in [6.07, 6.45) is 8.53. The summed E-state index contributed by atoms with van der Waals surface area (Å²) in [7, 11) is 1.41. The van der Waals surface area contributed by atoms with Crippen LogP contribution in [0.15, 0.2) is 76.1 Å². The molecule has 2 nitrogen and oxygen atoms in total. The van der Waals surface area contributed by atoms with E-state index >= 15 is 0 Å². The number of rotatable bonds is 2. The van der Waals surface area contributed by atoms with Crippen LogP contribution < -0.4 is 0 Å². The normalized spacial score (nSPS) is 15.1. The minimum Gasteiger partial charge on any atom is -0.465 e. The molecule has 0 amide bonds. The number of methoxy groups -OCH3 is 1. The lowest BCUT2D eigenvalue weighted by molar-refractivity contribution is 0.0600. The Balaban J connectivity index is 1.74. The van der Waals surface area contributed by atoms with Gasteiger partial charge < -0.3 is 4.74 Å². The van der Waals surface area contributed by atoms with Crippen LogP contribution in [0.3, 0.4) is 0 Å². The van der Waals surface area contributed by atoms with E-state index in [0.29, 0.717) is 5.56 Å². The third kappa shape index (κ3) is 2.58. The summed E-state index contributed by atoms with van der Waals surface area (Å²) >= 11 is 1.78. The molecule has 1 heterocycles. The number of esters is 1. The number of ether oxygens (including phenoxy) is 1. The minimum absolute atomic E-state index is 0.323. The van der Waals surface area contributed by atoms with Crippen molar-refractivity contribution in [3.05, 3.63) is 93.9 Å². The zero-order chi connectivity index (χ0) is 16.5. The molecule has 2 aromatic rings. The molecule has 0 atom stereocenters. The van der Waals surface area contributed by atoms with E-state index in [9.17, 15) is 4.79 Å². The summed E-state index contributed by atoms with van der Waals surface area (Å²) in [4.78, 5) is 14.6. The maximum absolute atomic E-state index is 12.0. The Labute approximate surface area is 145 Å². The number of benzene rings is 2. The van der Waals surface area contributed by atoms with E-state index < -0.39 is 0 Å². The molecule has 3 heteroatoms. The van der Waals surface area contributed by atoms with Gasteiger partial charge in [-0.15, -0.1) is 0 Å². The summed E-state index contributed by atoms with van der Waals surface area (Å²) in [6.45, 7) is 0. The summed E-state index contributed by atoms with van der Waals surface area (Å²) in [6, 6.07) is 16.0. The molecule has 116 valence electrons. The van der Waals surface area contributed by atoms with E-state index in [1.54, 1.807) is 17.8 Å². The molecule has 0 spiro atoms. The van der Waals surface area contributed by atoms with Crippen LogP contribution in [-0.4, -0.2) is 13.1 Å². The topological polar surface area (TPSA) is 26.3 Å². The molecule has 1 aliphatic heterocycles. The first-order valence-electron chi connectivity index (χ1n) is 7.75. The maximum Gasteiger partial charge on any atom is 0.348 e. The zero-order valence-electron chi connectivity index (χ0n) is 13.2. The van der Waals surface area contributed by atoms with Crippen molar-refractivity contribution in [2.75, 3.05) is 7.11 Å². The zero-order valence-corrected chi connectivity index (χ0v) is 14.0. The summed E-state index contributed by atoms with van der Waals surface area (Å²) in [5.41, 5.74) is 4.85. The molecule has 0 bridgehead atoms. The fourth-order valence-electron chi connectivity index (χ4n) is 2.97. The number of allylic oxidation sites excluding steroid dienone is 5. The first-order valence-corrected chi connectivity index (χ1v) is 8.56. The highest BCUT2D eigenvalue weighted by Crippen LogP contribution is 2.42. The van der Waals surface area contributed by atoms with Crippen molar-refractivity contribution in [3.8, 4) is 0 Å². The largest absolute Gasteiger partial charge is 0.465 e. The number of thioether (sulfide) groups is 1. The molecule has 2 aliphatic rings. The predicted octanol–water partition coefficient (Wildman–Crippen LogP) is 4.83. The highest BCUT2D eigenvalue weighted by Gasteiger charge is 2.27. The second-order valence-corrected chi connectivity index (χ2v) is 6.72. The number of carbonyl (C=O) groups is 1. The summed E-state index contributed by atoms with van der Waals surface area (Å²) < 4.78 is 4.90. The van der Waals surface area contributed by atoms with E-state index in [1.165, 1.54) is 28.0 Å². The maximum atomic E-state index is 12.0. The van der Waals surface area contributed by atoms with Crippen molar-refractivity contribution < 1.29 is 9.53 Å². The van der Waals surface area contributed by atoms with Crippen LogP contribution in [0.2, 0.25) is 0 Å². The van der Waals surface area contributed by atoms with Crippen LogP contribution in [0.25, 0.3) is 5.57 Å². The van der Waals surface area contributed by atoms with Gasteiger partial charge in [0.2, 0.25) is 0 Å². The third-order valence-electron chi connectivity index (χ3n) is 4.17. The predicted molar refractivity (Wildman–Crippen MR) is 96.6 cm³/mol. The van der Waals surface area contributed by atoms with Crippen LogP contribution >= 0.6 is 11.8 Å². The van der Waals surface area contributed by atoms with E-state index in [-0.39, 0.29) is 5.97 Å². The quantitative estimate of drug-likeness (QED) is 0.582. The van der Waals surface area contributed by atoms with Crippen molar-refractivity contribution in [1.82, 2.24) is 0 Å². The molecule has 0 saturated carbocycles. The van der Waals surface area contributed by atoms with Gasteiger partial charge >= 0.3 is 5.97 Å². The second kappa shape index (κ2) is 6.12. The van der Waals surface area contributed by atoms with Crippen molar-refractivity contribution in [2.24, 2.45) is 0 Å². The molecule has 0 N–H and O–H groups in total. The van der Waals surface area contributed by atoms with Gasteiger partial charge in [0.05, 0.1) is 12.7 Å². The summed E-state index contributed by atoms with van der Waals surface area (Å²) in [5, 5.41) is 0. The first kappa shape index (κ1) is 14.9. The Morgan fingerprint density at radius 2 is 1.88 bits per heavy atom. The molecule has 0 fully saturated rings. The summed E-state index contributed by atoms with van der Waals surface area (Å²) in [5.74, 6) is -0.323. The van der Waals surface area contributed by atoms with Gasteiger partial charge in [0.15, 0.2) is 5.57 Å². The fourth-order valence-corrected chi connectivity index (χ4v) is 4.01. The Kier molecular flexibility index (Phi) is 3.81. The van der Waals surface area contributed by atoms with Gasteiger partial charge in [0.25, 0.3) is 0 Å². The van der Waals surface area contributed by atoms with E-state index in [1.807, 2.05) is 24.3 Å². The molecule has 0 unspecified atom stereocenters. The van der Waals surface area contributed by atoms with Crippen molar-refractivity contribution in [2.45, 2.75) is 11.3 Å². The Morgan fingerprint density at radius 1 is 1.08 bits per heavy atom. The average molecular weight is 331 g/mol. The average Bonchev–Trinajstić information content (AvgIpc) is 2.65. The lowest BCUT2D eigenvalue weighted by atomic mass is 9.92. The van der Waals surface area contributed by atoms with Crippen LogP contribution in [0.4, 0.5) is 0 Å². The highest BCUT2D eigenvalue weighted by atomic mass is 32.2. The molecule has 24 heavy (non-hydrogen) atoms. The van der Waals surface area contributed by atoms with Crippen molar-refractivity contribution in [1.29, 1.82) is 0 Å². The number of hydrogen-bond donors (Lipinski definition) is 0. The Bertz CT molecular complexity index is 919. The van der Waals surface area contributed by atoms with E-state index in [4.69, 9.17) is 4.74 Å². The van der Waals surface area contributed by atoms with Crippen LogP contribution in [0, 0.1) is 6.08 Å². The fraction of sp³-hybridized carbons (Fsp3) is 0.0952. The van der Waals surface area contributed by atoms with Gasteiger partial charge in [-0.3, -0.25) is 0 Å². The van der Waals surface area contributed by atoms with Crippen molar-refractivity contribution >= 4 is 23.3 Å². The van der Waals surface area contributed by atoms with Gasteiger partial charge in [-0.05, 0) is 35.5 Å². The Morgan fingerprint density at radius 3 is 2.75 bits per heavy atom. The van der Waals surface area contributed by atoms with E-state index in [2.05, 4.69) is 36.4 Å². The molecular formula is C21H15O2S+. The number of hydrogen-bond acceptors (Lipinski definition) is 3. The minimum atomic E-state index is -0.323. The molecule has 0 aromatic heterocycles. The van der Waals surface area contributed by atoms with Crippen molar-refractivity contribution in [3.63, 3.8) is 0 Å². The van der Waals surface area contributed by atoms with Gasteiger partial charge in [-0.1, -0.05) is 30.3 Å². The molecule has 0 saturated heterocycles. The van der Waals surface area contributed by atoms with E-state index in [0.717, 1.165) is 17.6 Å². The monoisotopic (exact) mass is 331 g/mol. The number of carbonyl (C=O) groups excluding carboxylic acids is 1. The smallest absolute Gasteiger partial charge is 0.348 e. The van der Waals surface area contributed by atoms with Crippen LogP contribution in [0.1, 0.15) is 21.5 Å². The lowest BCUT2D eigenvalue weighted by Crippen LogP contribution is -2.07. The second-order valence-electron chi connectivity index (χ2n) is 5.64. The van der Waals surface area contributed by atoms with Crippen LogP contribution in [0.5, 0.6) is 0 Å². The standard InChI is InChI=1S/C21H15O2S/c1-23-21(22)18-8-4-3-7-17(18)14-10-11-20-16(12-14)13-15-6-2-5-9-19(15)24-20/h2-11H,13H2,1H3/q+1. The highest BCUT2D eigenvalue weighted by molar-refractivity contribution is 8.03. The van der Waals surface area contributed by atoms with Gasteiger partial charge in [0, 0.05) is 29.5 Å². The number of fused-ring (bicyclic) bond motifs is 1. The van der Waals surface area contributed by atoms with Gasteiger partial charge in [0.1, 0.15) is 16.0 Å². The molecule has 0 radical (unpaired) electrons. The Hall–Kier alpha value is -2.61. The molecule has 4 rings (SSSR count).